The van der Waals surface area contributed by atoms with E-state index < -0.39 is 23.3 Å². The molecule has 158 valence electrons. The molecule has 0 bridgehead atoms. The van der Waals surface area contributed by atoms with Crippen LogP contribution in [-0.4, -0.2) is 46.1 Å². The standard InChI is InChI=1S/C22H34O6/c1-14(23)27-13-15-11-16(24)18-19(2,3)7-6-8-21(18,5)22(15)10-9-20(4,28-22)12-17(25)26/h11,16,18,24H,6-10,12-13H2,1-5H3,(H,25,26). The molecule has 2 N–H and O–H groups in total. The van der Waals surface area contributed by atoms with Gasteiger partial charge in [-0.25, -0.2) is 0 Å². The minimum Gasteiger partial charge on any atom is -0.481 e. The smallest absolute Gasteiger partial charge is 0.306 e. The van der Waals surface area contributed by atoms with Crippen molar-refractivity contribution in [2.24, 2.45) is 16.7 Å². The normalized spacial score (nSPS) is 42.0. The molecule has 2 fully saturated rings. The highest BCUT2D eigenvalue weighted by molar-refractivity contribution is 5.68. The Labute approximate surface area is 167 Å². The minimum absolute atomic E-state index is 0.0120. The minimum atomic E-state index is -0.883. The van der Waals surface area contributed by atoms with Crippen LogP contribution < -0.4 is 0 Å². The highest BCUT2D eigenvalue weighted by Crippen LogP contribution is 2.66. The van der Waals surface area contributed by atoms with Gasteiger partial charge in [0.25, 0.3) is 0 Å². The number of aliphatic hydroxyl groups excluding tert-OH is 1. The fourth-order valence-electron chi connectivity index (χ4n) is 6.56. The number of fused-ring (bicyclic) bond motifs is 2. The highest BCUT2D eigenvalue weighted by Gasteiger charge is 2.67. The number of carboxylic acids is 1. The molecule has 1 heterocycles. The summed E-state index contributed by atoms with van der Waals surface area (Å²) in [6, 6.07) is 0. The van der Waals surface area contributed by atoms with Gasteiger partial charge in [-0.2, -0.15) is 0 Å². The van der Waals surface area contributed by atoms with Crippen LogP contribution in [0.3, 0.4) is 0 Å². The molecular formula is C22H34O6. The van der Waals surface area contributed by atoms with Crippen molar-refractivity contribution in [3.63, 3.8) is 0 Å². The van der Waals surface area contributed by atoms with Gasteiger partial charge in [0.1, 0.15) is 6.61 Å². The zero-order valence-electron chi connectivity index (χ0n) is 17.7. The fourth-order valence-corrected chi connectivity index (χ4v) is 6.56. The molecule has 2 aliphatic carbocycles. The molecule has 0 radical (unpaired) electrons. The molecule has 0 amide bonds. The Bertz CT molecular complexity index is 697. The van der Waals surface area contributed by atoms with Gasteiger partial charge in [-0.1, -0.05) is 33.3 Å². The number of aliphatic carboxylic acids is 1. The molecule has 0 aromatic heterocycles. The quantitative estimate of drug-likeness (QED) is 0.560. The Morgan fingerprint density at radius 1 is 1.18 bits per heavy atom. The van der Waals surface area contributed by atoms with Crippen molar-refractivity contribution < 1.29 is 29.3 Å². The van der Waals surface area contributed by atoms with Gasteiger partial charge in [-0.05, 0) is 43.6 Å². The average molecular weight is 395 g/mol. The lowest BCUT2D eigenvalue weighted by molar-refractivity contribution is -0.212. The molecule has 1 spiro atoms. The van der Waals surface area contributed by atoms with Gasteiger partial charge in [0.05, 0.1) is 23.7 Å². The van der Waals surface area contributed by atoms with E-state index in [0.717, 1.165) is 24.8 Å². The van der Waals surface area contributed by atoms with E-state index >= 15 is 0 Å². The average Bonchev–Trinajstić information content (AvgIpc) is 2.87. The summed E-state index contributed by atoms with van der Waals surface area (Å²) in [5.74, 6) is -1.28. The molecule has 0 aromatic rings. The summed E-state index contributed by atoms with van der Waals surface area (Å²) >= 11 is 0. The van der Waals surface area contributed by atoms with Crippen molar-refractivity contribution in [1.82, 2.24) is 0 Å². The number of carbonyl (C=O) groups excluding carboxylic acids is 1. The second-order valence-corrected chi connectivity index (χ2v) is 10.1. The molecule has 1 saturated carbocycles. The Kier molecular flexibility index (Phi) is 5.20. The zero-order valence-corrected chi connectivity index (χ0v) is 17.7. The van der Waals surface area contributed by atoms with E-state index in [2.05, 4.69) is 20.8 Å². The van der Waals surface area contributed by atoms with Crippen molar-refractivity contribution in [3.05, 3.63) is 11.6 Å². The van der Waals surface area contributed by atoms with Gasteiger partial charge in [-0.3, -0.25) is 9.59 Å². The monoisotopic (exact) mass is 394 g/mol. The van der Waals surface area contributed by atoms with Crippen LogP contribution in [0.4, 0.5) is 0 Å². The third-order valence-electron chi connectivity index (χ3n) is 7.58. The molecule has 1 saturated heterocycles. The molecule has 3 rings (SSSR count). The van der Waals surface area contributed by atoms with E-state index in [0.29, 0.717) is 12.8 Å². The van der Waals surface area contributed by atoms with E-state index in [-0.39, 0.29) is 35.7 Å². The van der Waals surface area contributed by atoms with Crippen LogP contribution in [0.2, 0.25) is 0 Å². The topological polar surface area (TPSA) is 93.1 Å². The van der Waals surface area contributed by atoms with E-state index in [4.69, 9.17) is 9.47 Å². The summed E-state index contributed by atoms with van der Waals surface area (Å²) in [6.45, 7) is 9.86. The van der Waals surface area contributed by atoms with Gasteiger partial charge in [0, 0.05) is 18.3 Å². The first-order valence-electron chi connectivity index (χ1n) is 10.3. The number of aliphatic hydroxyl groups is 1. The number of carbonyl (C=O) groups is 2. The van der Waals surface area contributed by atoms with Crippen molar-refractivity contribution in [3.8, 4) is 0 Å². The van der Waals surface area contributed by atoms with Gasteiger partial charge in [-0.15, -0.1) is 0 Å². The molecule has 6 nitrogen and oxygen atoms in total. The van der Waals surface area contributed by atoms with E-state index in [1.807, 2.05) is 13.0 Å². The zero-order chi connectivity index (χ0) is 21.0. The maximum absolute atomic E-state index is 11.5. The summed E-state index contributed by atoms with van der Waals surface area (Å²) in [6.07, 6.45) is 5.32. The van der Waals surface area contributed by atoms with Crippen molar-refractivity contribution in [2.75, 3.05) is 6.61 Å². The molecule has 6 heteroatoms. The second kappa shape index (κ2) is 6.84. The molecular weight excluding hydrogens is 360 g/mol. The predicted molar refractivity (Wildman–Crippen MR) is 104 cm³/mol. The van der Waals surface area contributed by atoms with Crippen LogP contribution in [0.25, 0.3) is 0 Å². The molecule has 3 aliphatic rings. The number of hydrogen-bond donors (Lipinski definition) is 2. The van der Waals surface area contributed by atoms with Crippen LogP contribution in [-0.2, 0) is 19.1 Å². The lowest BCUT2D eigenvalue weighted by Gasteiger charge is -2.62. The van der Waals surface area contributed by atoms with Gasteiger partial charge < -0.3 is 19.7 Å². The first-order valence-corrected chi connectivity index (χ1v) is 10.3. The van der Waals surface area contributed by atoms with Gasteiger partial charge in [0.2, 0.25) is 0 Å². The SMILES string of the molecule is CC(=O)OCC1=CC(O)C2C(C)(C)CCCC2(C)C12CCC(C)(CC(=O)O)O2. The number of rotatable bonds is 4. The summed E-state index contributed by atoms with van der Waals surface area (Å²) in [5, 5.41) is 20.5. The lowest BCUT2D eigenvalue weighted by atomic mass is 9.46. The third-order valence-corrected chi connectivity index (χ3v) is 7.58. The van der Waals surface area contributed by atoms with Crippen LogP contribution in [0.15, 0.2) is 11.6 Å². The van der Waals surface area contributed by atoms with Gasteiger partial charge in [0.15, 0.2) is 0 Å². The molecule has 28 heavy (non-hydrogen) atoms. The van der Waals surface area contributed by atoms with E-state index in [9.17, 15) is 19.8 Å². The first kappa shape index (κ1) is 21.3. The van der Waals surface area contributed by atoms with Crippen molar-refractivity contribution >= 4 is 11.9 Å². The Balaban J connectivity index is 2.10. The van der Waals surface area contributed by atoms with Crippen LogP contribution in [0, 0.1) is 16.7 Å². The molecule has 5 unspecified atom stereocenters. The predicted octanol–water partition coefficient (Wildman–Crippen LogP) is 3.47. The number of esters is 1. The van der Waals surface area contributed by atoms with E-state index in [1.54, 1.807) is 0 Å². The first-order chi connectivity index (χ1) is 12.9. The van der Waals surface area contributed by atoms with Crippen LogP contribution in [0.5, 0.6) is 0 Å². The fraction of sp³-hybridized carbons (Fsp3) is 0.818. The highest BCUT2D eigenvalue weighted by atomic mass is 16.5. The largest absolute Gasteiger partial charge is 0.481 e. The molecule has 5 atom stereocenters. The Morgan fingerprint density at radius 3 is 2.46 bits per heavy atom. The number of carboxylic acid groups (broad SMARTS) is 1. The number of ether oxygens (including phenoxy) is 2. The lowest BCUT2D eigenvalue weighted by Crippen LogP contribution is -2.64. The molecule has 1 aliphatic heterocycles. The second-order valence-electron chi connectivity index (χ2n) is 10.1. The van der Waals surface area contributed by atoms with Crippen molar-refractivity contribution in [1.29, 1.82) is 0 Å². The van der Waals surface area contributed by atoms with Crippen molar-refractivity contribution in [2.45, 2.75) is 90.4 Å². The van der Waals surface area contributed by atoms with E-state index in [1.165, 1.54) is 6.92 Å². The Morgan fingerprint density at radius 2 is 1.86 bits per heavy atom. The summed E-state index contributed by atoms with van der Waals surface area (Å²) in [7, 11) is 0. The Hall–Kier alpha value is -1.40. The number of hydrogen-bond acceptors (Lipinski definition) is 5. The maximum Gasteiger partial charge on any atom is 0.306 e. The molecule has 0 aromatic carbocycles. The third kappa shape index (κ3) is 3.28. The van der Waals surface area contributed by atoms with Gasteiger partial charge >= 0.3 is 11.9 Å². The van der Waals surface area contributed by atoms with Crippen LogP contribution in [0.1, 0.15) is 73.1 Å². The maximum atomic E-state index is 11.5. The summed E-state index contributed by atoms with van der Waals surface area (Å²) < 4.78 is 12.0. The summed E-state index contributed by atoms with van der Waals surface area (Å²) in [4.78, 5) is 22.9. The van der Waals surface area contributed by atoms with Crippen LogP contribution >= 0.6 is 0 Å². The summed E-state index contributed by atoms with van der Waals surface area (Å²) in [5.41, 5.74) is -1.17.